The van der Waals surface area contributed by atoms with Gasteiger partial charge in [-0.05, 0) is 60.2 Å². The molecule has 0 atom stereocenters. The van der Waals surface area contributed by atoms with E-state index in [1.807, 2.05) is 91.0 Å². The van der Waals surface area contributed by atoms with Crippen LogP contribution in [0.5, 0.6) is 11.6 Å². The van der Waals surface area contributed by atoms with Crippen molar-refractivity contribution in [2.45, 2.75) is 58.1 Å². The molecule has 3 aromatic carbocycles. The average Bonchev–Trinajstić information content (AvgIpc) is 3.86. The predicted octanol–water partition coefficient (Wildman–Crippen LogP) is 8.83. The molecule has 0 aliphatic carbocycles. The van der Waals surface area contributed by atoms with Crippen LogP contribution in [0.3, 0.4) is 0 Å². The molecule has 0 saturated carbocycles. The molecule has 250 valence electrons. The Kier molecular flexibility index (Phi) is 11.4. The molecule has 0 saturated heterocycles. The number of unbranched alkanes of at least 4 members (excludes halogenated alkanes) is 4. The maximum absolute atomic E-state index is 12.4. The quantitative estimate of drug-likeness (QED) is 0.0968. The van der Waals surface area contributed by atoms with E-state index in [4.69, 9.17) is 18.0 Å². The molecular weight excluding hydrogens is 618 g/mol. The van der Waals surface area contributed by atoms with Gasteiger partial charge in [0.15, 0.2) is 5.76 Å². The Labute approximate surface area is 284 Å². The Hall–Kier alpha value is -5.83. The molecule has 0 spiro atoms. The largest absolute Gasteiger partial charge is 0.492 e. The van der Waals surface area contributed by atoms with Gasteiger partial charge in [-0.2, -0.15) is 0 Å². The summed E-state index contributed by atoms with van der Waals surface area (Å²) in [7, 11) is 0. The van der Waals surface area contributed by atoms with Crippen molar-refractivity contribution in [1.82, 2.24) is 14.5 Å². The van der Waals surface area contributed by atoms with Crippen molar-refractivity contribution < 1.29 is 23.1 Å². The highest BCUT2D eigenvalue weighted by Gasteiger charge is 2.17. The van der Waals surface area contributed by atoms with Crippen molar-refractivity contribution in [3.63, 3.8) is 0 Å². The molecule has 1 N–H and O–H groups in total. The van der Waals surface area contributed by atoms with Crippen LogP contribution in [0, 0.1) is 0 Å². The third-order valence-electron chi connectivity index (χ3n) is 8.01. The lowest BCUT2D eigenvalue weighted by Crippen LogP contribution is -2.14. The summed E-state index contributed by atoms with van der Waals surface area (Å²) < 4.78 is 23.5. The second-order valence-corrected chi connectivity index (χ2v) is 11.7. The first kappa shape index (κ1) is 33.1. The van der Waals surface area contributed by atoms with Gasteiger partial charge in [0.05, 0.1) is 12.2 Å². The van der Waals surface area contributed by atoms with Crippen LogP contribution in [0.1, 0.15) is 77.7 Å². The fourth-order valence-corrected chi connectivity index (χ4v) is 5.36. The Morgan fingerprint density at radius 2 is 1.24 bits per heavy atom. The molecule has 0 amide bonds. The maximum atomic E-state index is 12.4. The van der Waals surface area contributed by atoms with Gasteiger partial charge >= 0.3 is 5.76 Å². The number of ether oxygens (including phenoxy) is 1. The number of rotatable bonds is 17. The number of aromatic hydroxyl groups is 1. The van der Waals surface area contributed by atoms with Crippen LogP contribution in [-0.2, 0) is 26.0 Å². The summed E-state index contributed by atoms with van der Waals surface area (Å²) >= 11 is 0. The normalized spacial score (nSPS) is 11.6. The van der Waals surface area contributed by atoms with E-state index >= 15 is 0 Å². The van der Waals surface area contributed by atoms with Crippen molar-refractivity contribution in [2.24, 2.45) is 0 Å². The Balaban J connectivity index is 0.861. The SMILES string of the molecule is O=c1oc(CCCCCCCc2ccc(OCc3coc(C=Cc4ccccc4)n3)cc2)c(O)n1Cc1coc(C=Cc2ccccc2)n1. The van der Waals surface area contributed by atoms with Gasteiger partial charge < -0.3 is 23.1 Å². The molecule has 3 aromatic heterocycles. The Morgan fingerprint density at radius 1 is 0.673 bits per heavy atom. The van der Waals surface area contributed by atoms with E-state index in [-0.39, 0.29) is 12.4 Å². The molecule has 0 aliphatic heterocycles. The van der Waals surface area contributed by atoms with Gasteiger partial charge in [0.2, 0.25) is 17.7 Å². The molecule has 6 aromatic rings. The van der Waals surface area contributed by atoms with E-state index in [2.05, 4.69) is 22.1 Å². The lowest BCUT2D eigenvalue weighted by molar-refractivity contribution is 0.301. The van der Waals surface area contributed by atoms with Gasteiger partial charge in [-0.25, -0.2) is 19.3 Å². The van der Waals surface area contributed by atoms with Crippen LogP contribution in [0.25, 0.3) is 24.3 Å². The fraction of sp³-hybridized carbons (Fsp3) is 0.225. The molecule has 0 fully saturated rings. The molecule has 3 heterocycles. The average molecular weight is 658 g/mol. The van der Waals surface area contributed by atoms with Crippen molar-refractivity contribution in [3.8, 4) is 11.6 Å². The molecule has 0 radical (unpaired) electrons. The fourth-order valence-electron chi connectivity index (χ4n) is 5.36. The van der Waals surface area contributed by atoms with Crippen LogP contribution >= 0.6 is 0 Å². The second kappa shape index (κ2) is 16.8. The zero-order valence-corrected chi connectivity index (χ0v) is 27.2. The minimum atomic E-state index is -0.604. The molecule has 0 unspecified atom stereocenters. The van der Waals surface area contributed by atoms with Crippen molar-refractivity contribution >= 4 is 24.3 Å². The summed E-state index contributed by atoms with van der Waals surface area (Å²) in [5, 5.41) is 10.6. The number of aromatic nitrogens is 3. The summed E-state index contributed by atoms with van der Waals surface area (Å²) in [6, 6.07) is 28.0. The van der Waals surface area contributed by atoms with Crippen LogP contribution in [0.2, 0.25) is 0 Å². The van der Waals surface area contributed by atoms with E-state index in [1.54, 1.807) is 12.3 Å². The van der Waals surface area contributed by atoms with Crippen molar-refractivity contribution in [2.75, 3.05) is 0 Å². The number of hydrogen-bond donors (Lipinski definition) is 1. The van der Waals surface area contributed by atoms with Gasteiger partial charge in [0.25, 0.3) is 0 Å². The van der Waals surface area contributed by atoms with Gasteiger partial charge in [-0.15, -0.1) is 0 Å². The smallest absolute Gasteiger partial charge is 0.422 e. The highest BCUT2D eigenvalue weighted by Crippen LogP contribution is 2.21. The number of aryl methyl sites for hydroxylation is 2. The minimum Gasteiger partial charge on any atom is -0.492 e. The number of hydrogen-bond acceptors (Lipinski definition) is 8. The third kappa shape index (κ3) is 9.84. The predicted molar refractivity (Wildman–Crippen MR) is 189 cm³/mol. The molecule has 9 nitrogen and oxygen atoms in total. The first-order chi connectivity index (χ1) is 24.1. The summed E-state index contributed by atoms with van der Waals surface area (Å²) in [5.41, 5.74) is 4.63. The first-order valence-electron chi connectivity index (χ1n) is 16.6. The molecule has 0 bridgehead atoms. The second-order valence-electron chi connectivity index (χ2n) is 11.7. The maximum Gasteiger partial charge on any atom is 0.422 e. The van der Waals surface area contributed by atoms with Crippen molar-refractivity contribution in [3.05, 3.63) is 154 Å². The highest BCUT2D eigenvalue weighted by atomic mass is 16.5. The molecule has 0 aliphatic rings. The zero-order valence-electron chi connectivity index (χ0n) is 27.2. The summed E-state index contributed by atoms with van der Waals surface area (Å²) in [5.74, 6) is 1.31. The third-order valence-corrected chi connectivity index (χ3v) is 8.01. The summed E-state index contributed by atoms with van der Waals surface area (Å²) in [4.78, 5) is 21.3. The molecule has 9 heteroatoms. The van der Waals surface area contributed by atoms with Crippen molar-refractivity contribution in [1.29, 1.82) is 0 Å². The zero-order chi connectivity index (χ0) is 33.7. The Bertz CT molecular complexity index is 2000. The van der Waals surface area contributed by atoms with E-state index in [0.29, 0.717) is 36.3 Å². The monoisotopic (exact) mass is 657 g/mol. The molecular formula is C40H39N3O6. The highest BCUT2D eigenvalue weighted by molar-refractivity contribution is 5.66. The van der Waals surface area contributed by atoms with E-state index in [1.165, 1.54) is 16.4 Å². The lowest BCUT2D eigenvalue weighted by atomic mass is 10.0. The molecule has 49 heavy (non-hydrogen) atoms. The van der Waals surface area contributed by atoms with Crippen LogP contribution < -0.4 is 10.5 Å². The van der Waals surface area contributed by atoms with Gasteiger partial charge in [-0.1, -0.05) is 92.1 Å². The molecule has 6 rings (SSSR count). The van der Waals surface area contributed by atoms with E-state index < -0.39 is 5.76 Å². The van der Waals surface area contributed by atoms with Gasteiger partial charge in [-0.3, -0.25) is 0 Å². The van der Waals surface area contributed by atoms with Crippen LogP contribution in [0.4, 0.5) is 0 Å². The lowest BCUT2D eigenvalue weighted by Gasteiger charge is -2.06. The van der Waals surface area contributed by atoms with Crippen LogP contribution in [-0.4, -0.2) is 19.6 Å². The van der Waals surface area contributed by atoms with Gasteiger partial charge in [0, 0.05) is 18.6 Å². The minimum absolute atomic E-state index is 0.0692. The Morgan fingerprint density at radius 3 is 1.90 bits per heavy atom. The van der Waals surface area contributed by atoms with Gasteiger partial charge in [0.1, 0.15) is 30.6 Å². The van der Waals surface area contributed by atoms with E-state index in [0.717, 1.165) is 61.1 Å². The standard InChI is InChI=1S/C40H39N3O6/c44-39-36(49-40(45)43(39)26-33-27-47-37(41-33)24-20-30-12-7-4-8-13-30)17-11-3-1-2-6-16-32-18-22-35(23-19-32)46-28-34-29-48-38(42-34)25-21-31-14-9-5-10-15-31/h4-5,7-10,12-15,18-25,27,29,44H,1-3,6,11,16-17,26,28H2. The first-order valence-corrected chi connectivity index (χ1v) is 16.6. The van der Waals surface area contributed by atoms with Crippen LogP contribution in [0.15, 0.2) is 116 Å². The van der Waals surface area contributed by atoms with E-state index in [9.17, 15) is 9.90 Å². The number of benzene rings is 3. The number of oxazole rings is 3. The summed E-state index contributed by atoms with van der Waals surface area (Å²) in [6.07, 6.45) is 17.1. The summed E-state index contributed by atoms with van der Waals surface area (Å²) in [6.45, 7) is 0.406. The topological polar surface area (TPSA) is 117 Å². The number of nitrogens with zero attached hydrogens (tertiary/aromatic N) is 3.